The van der Waals surface area contributed by atoms with E-state index in [1.165, 1.54) is 17.7 Å². The van der Waals surface area contributed by atoms with E-state index in [9.17, 15) is 14.0 Å². The number of hydrogen-bond acceptors (Lipinski definition) is 4. The predicted octanol–water partition coefficient (Wildman–Crippen LogP) is 5.22. The van der Waals surface area contributed by atoms with Crippen LogP contribution in [0.3, 0.4) is 0 Å². The van der Waals surface area contributed by atoms with Gasteiger partial charge in [0.2, 0.25) is 5.91 Å². The van der Waals surface area contributed by atoms with E-state index in [1.54, 1.807) is 24.9 Å². The first-order valence-electron chi connectivity index (χ1n) is 14.5. The molecule has 2 fully saturated rings. The summed E-state index contributed by atoms with van der Waals surface area (Å²) in [5.74, 6) is 0.0671. The van der Waals surface area contributed by atoms with Crippen molar-refractivity contribution >= 4 is 22.7 Å². The van der Waals surface area contributed by atoms with Gasteiger partial charge in [0.1, 0.15) is 5.82 Å². The van der Waals surface area contributed by atoms with Crippen LogP contribution in [0.1, 0.15) is 68.9 Å². The Bertz CT molecular complexity index is 1410. The lowest BCUT2D eigenvalue weighted by Gasteiger charge is -2.51. The molecule has 8 heteroatoms. The third-order valence-corrected chi connectivity index (χ3v) is 9.07. The Hall–Kier alpha value is -3.26. The lowest BCUT2D eigenvalue weighted by molar-refractivity contribution is -0.137. The van der Waals surface area contributed by atoms with Crippen LogP contribution in [0.5, 0.6) is 0 Å². The molecule has 0 unspecified atom stereocenters. The highest BCUT2D eigenvalue weighted by atomic mass is 19.1. The Balaban J connectivity index is 1.40. The molecule has 0 N–H and O–H groups in total. The minimum absolute atomic E-state index is 0.00766. The van der Waals surface area contributed by atoms with Crippen molar-refractivity contribution in [3.8, 4) is 5.69 Å². The maximum absolute atomic E-state index is 14.4. The van der Waals surface area contributed by atoms with E-state index in [-0.39, 0.29) is 29.9 Å². The molecule has 2 saturated heterocycles. The summed E-state index contributed by atoms with van der Waals surface area (Å²) in [6.45, 7) is 14.1. The molecule has 0 radical (unpaired) electrons. The van der Waals surface area contributed by atoms with Gasteiger partial charge in [-0.25, -0.2) is 4.39 Å². The molecule has 7 nitrogen and oxygen atoms in total. The third kappa shape index (κ3) is 5.14. The zero-order valence-electron chi connectivity index (χ0n) is 24.8. The number of aryl methyl sites for hydroxylation is 1. The van der Waals surface area contributed by atoms with Crippen molar-refractivity contribution in [3.05, 3.63) is 59.3 Å². The average molecular weight is 548 g/mol. The first-order chi connectivity index (χ1) is 19.0. The number of rotatable bonds is 6. The van der Waals surface area contributed by atoms with Gasteiger partial charge in [-0.3, -0.25) is 19.5 Å². The fourth-order valence-electron chi connectivity index (χ4n) is 6.92. The summed E-state index contributed by atoms with van der Waals surface area (Å²) >= 11 is 0. The molecule has 2 aliphatic rings. The normalized spacial score (nSPS) is 22.1. The Morgan fingerprint density at radius 2 is 1.80 bits per heavy atom. The molecule has 5 rings (SSSR count). The van der Waals surface area contributed by atoms with Gasteiger partial charge in [-0.15, -0.1) is 0 Å². The van der Waals surface area contributed by atoms with E-state index >= 15 is 0 Å². The second kappa shape index (κ2) is 11.0. The van der Waals surface area contributed by atoms with Gasteiger partial charge in [0.25, 0.3) is 5.91 Å². The van der Waals surface area contributed by atoms with Crippen LogP contribution >= 0.6 is 0 Å². The lowest BCUT2D eigenvalue weighted by atomic mass is 9.85. The number of nitrogens with zero attached hydrogens (tertiary/aromatic N) is 5. The highest BCUT2D eigenvalue weighted by Gasteiger charge is 2.39. The summed E-state index contributed by atoms with van der Waals surface area (Å²) in [4.78, 5) is 36.2. The molecule has 0 spiro atoms. The van der Waals surface area contributed by atoms with Gasteiger partial charge < -0.3 is 14.4 Å². The Morgan fingerprint density at radius 1 is 1.12 bits per heavy atom. The van der Waals surface area contributed by atoms with Crippen molar-refractivity contribution in [1.82, 2.24) is 24.3 Å². The van der Waals surface area contributed by atoms with Gasteiger partial charge >= 0.3 is 0 Å². The molecule has 1 aromatic carbocycles. The average Bonchev–Trinajstić information content (AvgIpc) is 3.23. The fraction of sp³-hybridized carbons (Fsp3) is 0.531. The van der Waals surface area contributed by atoms with E-state index in [0.29, 0.717) is 23.2 Å². The number of amides is 2. The molecule has 0 saturated carbocycles. The van der Waals surface area contributed by atoms with E-state index in [2.05, 4.69) is 36.9 Å². The maximum Gasteiger partial charge on any atom is 0.256 e. The van der Waals surface area contributed by atoms with E-state index in [1.807, 2.05) is 35.7 Å². The first-order valence-corrected chi connectivity index (χ1v) is 14.5. The number of piperidine rings is 1. The van der Waals surface area contributed by atoms with Crippen LogP contribution < -0.4 is 0 Å². The highest BCUT2D eigenvalue weighted by molar-refractivity contribution is 5.99. The first kappa shape index (κ1) is 28.3. The molecule has 4 heterocycles. The molecule has 2 amide bonds. The van der Waals surface area contributed by atoms with Crippen LogP contribution in [0.4, 0.5) is 4.39 Å². The Labute approximate surface area is 236 Å². The quantitative estimate of drug-likeness (QED) is 0.425. The van der Waals surface area contributed by atoms with Crippen LogP contribution in [0, 0.1) is 18.7 Å². The van der Waals surface area contributed by atoms with Crippen LogP contribution in [0.15, 0.2) is 36.8 Å². The molecule has 2 aliphatic heterocycles. The van der Waals surface area contributed by atoms with Crippen molar-refractivity contribution in [1.29, 1.82) is 0 Å². The summed E-state index contributed by atoms with van der Waals surface area (Å²) in [5, 5.41) is 1.16. The standard InChI is InChI=1S/C32H42FN5O2/c1-19(2)35(7)32(40)28-13-26(33)8-9-29(28)37-18-25(31-20(3)14-34-15-30(31)37)12-24-16-36(17-24)27-10-21(4)38(23(6)39)22(5)11-27/h8-9,13-15,18-19,21-22,24,27H,10-12,16-17H2,1-7H3/t21-,22-/m0/s1. The summed E-state index contributed by atoms with van der Waals surface area (Å²) in [6, 6.07) is 5.49. The second-order valence-electron chi connectivity index (χ2n) is 12.3. The molecular formula is C32H42FN5O2. The molecule has 40 heavy (non-hydrogen) atoms. The molecule has 214 valence electrons. The van der Waals surface area contributed by atoms with Gasteiger partial charge in [0.15, 0.2) is 0 Å². The number of carbonyl (C=O) groups is 2. The van der Waals surface area contributed by atoms with Gasteiger partial charge in [0.05, 0.1) is 23.0 Å². The fourth-order valence-corrected chi connectivity index (χ4v) is 6.92. The zero-order valence-corrected chi connectivity index (χ0v) is 24.8. The van der Waals surface area contributed by atoms with E-state index in [4.69, 9.17) is 0 Å². The van der Waals surface area contributed by atoms with E-state index in [0.717, 1.165) is 48.8 Å². The van der Waals surface area contributed by atoms with Gasteiger partial charge in [-0.05, 0) is 89.1 Å². The monoisotopic (exact) mass is 547 g/mol. The molecular weight excluding hydrogens is 505 g/mol. The van der Waals surface area contributed by atoms with Crippen molar-refractivity contribution in [2.45, 2.75) is 85.0 Å². The second-order valence-corrected chi connectivity index (χ2v) is 12.3. The smallest absolute Gasteiger partial charge is 0.256 e. The number of fused-ring (bicyclic) bond motifs is 1. The Morgan fingerprint density at radius 3 is 2.42 bits per heavy atom. The lowest BCUT2D eigenvalue weighted by Crippen LogP contribution is -2.59. The molecule has 3 aromatic rings. The molecule has 0 aliphatic carbocycles. The van der Waals surface area contributed by atoms with Crippen LogP contribution in [0.2, 0.25) is 0 Å². The summed E-state index contributed by atoms with van der Waals surface area (Å²) < 4.78 is 16.4. The van der Waals surface area contributed by atoms with Crippen LogP contribution in [-0.4, -0.2) is 80.4 Å². The van der Waals surface area contributed by atoms with Crippen molar-refractivity contribution < 1.29 is 14.0 Å². The van der Waals surface area contributed by atoms with Gasteiger partial charge in [0, 0.05) is 69.0 Å². The van der Waals surface area contributed by atoms with Gasteiger partial charge in [-0.2, -0.15) is 0 Å². The number of halogens is 1. The SMILES string of the molecule is CC(=O)N1[C@@H](C)CC(N2CC(Cc3cn(-c4ccc(F)cc4C(=O)N(C)C(C)C)c4cncc(C)c34)C2)C[C@@H]1C. The minimum Gasteiger partial charge on any atom is -0.339 e. The van der Waals surface area contributed by atoms with Gasteiger partial charge in [-0.1, -0.05) is 0 Å². The highest BCUT2D eigenvalue weighted by Crippen LogP contribution is 2.35. The van der Waals surface area contributed by atoms with Crippen molar-refractivity contribution in [2.75, 3.05) is 20.1 Å². The minimum atomic E-state index is -0.428. The maximum atomic E-state index is 14.4. The van der Waals surface area contributed by atoms with Crippen molar-refractivity contribution in [3.63, 3.8) is 0 Å². The van der Waals surface area contributed by atoms with Crippen LogP contribution in [-0.2, 0) is 11.2 Å². The van der Waals surface area contributed by atoms with Crippen LogP contribution in [0.25, 0.3) is 16.6 Å². The number of benzene rings is 1. The number of likely N-dealkylation sites (tertiary alicyclic amines) is 2. The molecule has 2 atom stereocenters. The predicted molar refractivity (Wildman–Crippen MR) is 156 cm³/mol. The topological polar surface area (TPSA) is 61.7 Å². The largest absolute Gasteiger partial charge is 0.339 e. The zero-order chi connectivity index (χ0) is 28.9. The van der Waals surface area contributed by atoms with E-state index < -0.39 is 5.82 Å². The summed E-state index contributed by atoms with van der Waals surface area (Å²) in [5.41, 5.74) is 4.26. The molecule has 0 bridgehead atoms. The number of hydrogen-bond donors (Lipinski definition) is 0. The Kier molecular flexibility index (Phi) is 7.75. The summed E-state index contributed by atoms with van der Waals surface area (Å²) in [6.07, 6.45) is 8.82. The number of pyridine rings is 1. The number of carbonyl (C=O) groups excluding carboxylic acids is 2. The van der Waals surface area contributed by atoms with Crippen molar-refractivity contribution in [2.24, 2.45) is 5.92 Å². The molecule has 2 aromatic heterocycles. The number of aromatic nitrogens is 2. The third-order valence-electron chi connectivity index (χ3n) is 9.07. The summed E-state index contributed by atoms with van der Waals surface area (Å²) in [7, 11) is 1.75.